The van der Waals surface area contributed by atoms with Crippen molar-refractivity contribution in [1.82, 2.24) is 4.98 Å². The van der Waals surface area contributed by atoms with Crippen molar-refractivity contribution in [1.29, 1.82) is 0 Å². The quantitative estimate of drug-likeness (QED) is 0.652. The molecule has 0 unspecified atom stereocenters. The van der Waals surface area contributed by atoms with Crippen LogP contribution in [0.5, 0.6) is 17.4 Å². The first-order valence-electron chi connectivity index (χ1n) is 5.89. The highest BCUT2D eigenvalue weighted by Crippen LogP contribution is 2.36. The summed E-state index contributed by atoms with van der Waals surface area (Å²) < 4.78 is 11.2. The smallest absolute Gasteiger partial charge is 0.331 e. The van der Waals surface area contributed by atoms with Crippen molar-refractivity contribution >= 4 is 27.4 Å². The average molecular weight is 354 g/mol. The number of nitro groups is 1. The molecule has 110 valence electrons. The molecule has 2 aromatic rings. The van der Waals surface area contributed by atoms with Gasteiger partial charge in [-0.1, -0.05) is 0 Å². The van der Waals surface area contributed by atoms with E-state index in [0.29, 0.717) is 21.8 Å². The molecule has 0 aliphatic carbocycles. The van der Waals surface area contributed by atoms with E-state index in [1.54, 1.807) is 32.4 Å². The Morgan fingerprint density at radius 3 is 2.67 bits per heavy atom. The molecule has 1 aromatic heterocycles. The molecule has 7 nitrogen and oxygen atoms in total. The van der Waals surface area contributed by atoms with Gasteiger partial charge in [0.15, 0.2) is 0 Å². The fourth-order valence-corrected chi connectivity index (χ4v) is 2.02. The van der Waals surface area contributed by atoms with E-state index in [-0.39, 0.29) is 11.6 Å². The molecule has 8 heteroatoms. The number of nitrogens with zero attached hydrogens (tertiary/aromatic N) is 2. The summed E-state index contributed by atoms with van der Waals surface area (Å²) in [4.78, 5) is 14.6. The van der Waals surface area contributed by atoms with Crippen molar-refractivity contribution in [3.63, 3.8) is 0 Å². The van der Waals surface area contributed by atoms with Gasteiger partial charge in [-0.25, -0.2) is 0 Å². The molecule has 0 saturated carbocycles. The van der Waals surface area contributed by atoms with Crippen molar-refractivity contribution in [2.45, 2.75) is 0 Å². The second-order valence-corrected chi connectivity index (χ2v) is 4.78. The van der Waals surface area contributed by atoms with Gasteiger partial charge in [0, 0.05) is 13.1 Å². The van der Waals surface area contributed by atoms with E-state index in [0.717, 1.165) is 0 Å². The van der Waals surface area contributed by atoms with Crippen LogP contribution in [0.25, 0.3) is 0 Å². The highest BCUT2D eigenvalue weighted by atomic mass is 79.9. The number of benzene rings is 1. The number of aromatic nitrogens is 1. The summed E-state index contributed by atoms with van der Waals surface area (Å²) in [5, 5.41) is 13.8. The van der Waals surface area contributed by atoms with Crippen molar-refractivity contribution in [2.75, 3.05) is 19.5 Å². The fourth-order valence-electron chi connectivity index (χ4n) is 1.58. The lowest BCUT2D eigenvalue weighted by Crippen LogP contribution is -1.99. The Labute approximate surface area is 129 Å². The minimum absolute atomic E-state index is 0.0854. The molecule has 0 spiro atoms. The van der Waals surface area contributed by atoms with Gasteiger partial charge in [0.25, 0.3) is 0 Å². The molecule has 0 amide bonds. The molecule has 1 aromatic carbocycles. The van der Waals surface area contributed by atoms with Crippen LogP contribution in [0.4, 0.5) is 11.5 Å². The van der Waals surface area contributed by atoms with Crippen molar-refractivity contribution in [2.24, 2.45) is 0 Å². The minimum atomic E-state index is -0.542. The molecular formula is C13H12BrN3O4. The second kappa shape index (κ2) is 6.40. The van der Waals surface area contributed by atoms with Crippen molar-refractivity contribution < 1.29 is 14.4 Å². The van der Waals surface area contributed by atoms with Crippen LogP contribution in [-0.2, 0) is 0 Å². The minimum Gasteiger partial charge on any atom is -0.497 e. The third-order valence-electron chi connectivity index (χ3n) is 2.64. The van der Waals surface area contributed by atoms with Crippen LogP contribution in [0, 0.1) is 10.1 Å². The SMILES string of the molecule is CNc1ccc([N+](=O)[O-])c(Oc2ccc(OC)cc2Br)n1. The topological polar surface area (TPSA) is 86.5 Å². The Bertz CT molecular complexity index is 678. The Kier molecular flexibility index (Phi) is 4.59. The maximum Gasteiger partial charge on any atom is 0.331 e. The number of anilines is 1. The number of pyridine rings is 1. The maximum atomic E-state index is 11.0. The number of rotatable bonds is 5. The lowest BCUT2D eigenvalue weighted by Gasteiger charge is -2.09. The average Bonchev–Trinajstić information content (AvgIpc) is 2.48. The normalized spacial score (nSPS) is 10.0. The lowest BCUT2D eigenvalue weighted by molar-refractivity contribution is -0.386. The van der Waals surface area contributed by atoms with E-state index in [1.807, 2.05) is 0 Å². The summed E-state index contributed by atoms with van der Waals surface area (Å²) in [5.41, 5.74) is -0.211. The molecule has 0 saturated heterocycles. The molecule has 1 heterocycles. The summed E-state index contributed by atoms with van der Waals surface area (Å²) in [6.45, 7) is 0. The van der Waals surface area contributed by atoms with Gasteiger partial charge in [0.1, 0.15) is 17.3 Å². The van der Waals surface area contributed by atoms with Gasteiger partial charge in [0.05, 0.1) is 16.5 Å². The van der Waals surface area contributed by atoms with Crippen LogP contribution in [0.1, 0.15) is 0 Å². The van der Waals surface area contributed by atoms with E-state index in [2.05, 4.69) is 26.2 Å². The molecule has 0 radical (unpaired) electrons. The van der Waals surface area contributed by atoms with E-state index >= 15 is 0 Å². The summed E-state index contributed by atoms with van der Waals surface area (Å²) in [6.07, 6.45) is 0. The Balaban J connectivity index is 2.40. The third kappa shape index (κ3) is 3.40. The molecule has 0 fully saturated rings. The molecule has 2 rings (SSSR count). The van der Waals surface area contributed by atoms with Crippen LogP contribution in [0.2, 0.25) is 0 Å². The van der Waals surface area contributed by atoms with E-state index < -0.39 is 4.92 Å². The highest BCUT2D eigenvalue weighted by Gasteiger charge is 2.19. The first kappa shape index (κ1) is 15.0. The summed E-state index contributed by atoms with van der Waals surface area (Å²) in [5.74, 6) is 1.43. The maximum absolute atomic E-state index is 11.0. The predicted molar refractivity (Wildman–Crippen MR) is 81.2 cm³/mol. The van der Waals surface area contributed by atoms with Crippen LogP contribution >= 0.6 is 15.9 Å². The van der Waals surface area contributed by atoms with Gasteiger partial charge in [-0.2, -0.15) is 4.98 Å². The van der Waals surface area contributed by atoms with Gasteiger partial charge < -0.3 is 14.8 Å². The number of methoxy groups -OCH3 is 1. The number of nitrogens with one attached hydrogen (secondary N) is 1. The van der Waals surface area contributed by atoms with Gasteiger partial charge in [0.2, 0.25) is 0 Å². The van der Waals surface area contributed by atoms with Crippen LogP contribution in [-0.4, -0.2) is 24.1 Å². The van der Waals surface area contributed by atoms with Gasteiger partial charge >= 0.3 is 11.6 Å². The van der Waals surface area contributed by atoms with E-state index in [9.17, 15) is 10.1 Å². The molecule has 0 bridgehead atoms. The third-order valence-corrected chi connectivity index (χ3v) is 3.26. The number of hydrogen-bond donors (Lipinski definition) is 1. The zero-order chi connectivity index (χ0) is 15.4. The van der Waals surface area contributed by atoms with Gasteiger partial charge in [-0.05, 0) is 40.2 Å². The molecule has 1 N–H and O–H groups in total. The van der Waals surface area contributed by atoms with Crippen LogP contribution in [0.15, 0.2) is 34.8 Å². The Morgan fingerprint density at radius 2 is 2.10 bits per heavy atom. The fraction of sp³-hybridized carbons (Fsp3) is 0.154. The predicted octanol–water partition coefficient (Wildman–Crippen LogP) is 3.59. The van der Waals surface area contributed by atoms with Crippen LogP contribution < -0.4 is 14.8 Å². The largest absolute Gasteiger partial charge is 0.497 e. The van der Waals surface area contributed by atoms with Gasteiger partial charge in [-0.3, -0.25) is 10.1 Å². The molecule has 0 aliphatic heterocycles. The lowest BCUT2D eigenvalue weighted by atomic mass is 10.3. The standard InChI is InChI=1S/C13H12BrN3O4/c1-15-12-6-4-10(17(18)19)13(16-12)21-11-5-3-8(20-2)7-9(11)14/h3-7H,1-2H3,(H,15,16). The van der Waals surface area contributed by atoms with Crippen molar-refractivity contribution in [3.05, 3.63) is 44.9 Å². The number of hydrogen-bond acceptors (Lipinski definition) is 6. The Morgan fingerprint density at radius 1 is 1.33 bits per heavy atom. The number of ether oxygens (including phenoxy) is 2. The zero-order valence-electron chi connectivity index (χ0n) is 11.3. The Hall–Kier alpha value is -2.35. The summed E-state index contributed by atoms with van der Waals surface area (Å²) in [6, 6.07) is 7.87. The van der Waals surface area contributed by atoms with Crippen molar-refractivity contribution in [3.8, 4) is 17.4 Å². The first-order valence-corrected chi connectivity index (χ1v) is 6.69. The highest BCUT2D eigenvalue weighted by molar-refractivity contribution is 9.10. The summed E-state index contributed by atoms with van der Waals surface area (Å²) >= 11 is 3.32. The van der Waals surface area contributed by atoms with Crippen LogP contribution in [0.3, 0.4) is 0 Å². The summed E-state index contributed by atoms with van der Waals surface area (Å²) in [7, 11) is 3.21. The monoisotopic (exact) mass is 353 g/mol. The molecule has 0 atom stereocenters. The molecule has 0 aliphatic rings. The first-order chi connectivity index (χ1) is 10.0. The van der Waals surface area contributed by atoms with E-state index in [1.165, 1.54) is 12.1 Å². The second-order valence-electron chi connectivity index (χ2n) is 3.93. The molecule has 21 heavy (non-hydrogen) atoms. The van der Waals surface area contributed by atoms with E-state index in [4.69, 9.17) is 9.47 Å². The van der Waals surface area contributed by atoms with Gasteiger partial charge in [-0.15, -0.1) is 0 Å². The molecular weight excluding hydrogens is 342 g/mol. The number of halogens is 1. The zero-order valence-corrected chi connectivity index (χ0v) is 12.9.